The van der Waals surface area contributed by atoms with Crippen LogP contribution < -0.4 is 0 Å². The van der Waals surface area contributed by atoms with E-state index in [9.17, 15) is 0 Å². The average molecular weight is 723 g/mol. The van der Waals surface area contributed by atoms with E-state index in [0.29, 0.717) is 0 Å². The van der Waals surface area contributed by atoms with Gasteiger partial charge in [-0.15, -0.1) is 0 Å². The summed E-state index contributed by atoms with van der Waals surface area (Å²) in [6, 6.07) is 72.7. The third kappa shape index (κ3) is 4.53. The molecular formula is C55H34N2. The summed E-state index contributed by atoms with van der Waals surface area (Å²) in [6.07, 6.45) is 2.04. The molecule has 2 aliphatic rings. The standard InChI is InChI=1S/C55H34N2/c1-3-16-35(17-4-1)44-33-51(36-18-5-2-6-19-36)56-34-45(44)37-20-15-21-38(32-37)54-43-30-31-49-53(52(43)42-25-10-14-29-50(42)57-54)41-24-9-13-28-48(41)55(49)46-26-11-7-22-39(46)40-23-8-12-27-47(40)55/h1-34H. The van der Waals surface area contributed by atoms with Gasteiger partial charge < -0.3 is 0 Å². The summed E-state index contributed by atoms with van der Waals surface area (Å²) in [6.45, 7) is 0. The highest BCUT2D eigenvalue weighted by molar-refractivity contribution is 6.20. The first-order valence-electron chi connectivity index (χ1n) is 19.7. The molecule has 0 N–H and O–H groups in total. The van der Waals surface area contributed by atoms with Crippen LogP contribution in [0.3, 0.4) is 0 Å². The van der Waals surface area contributed by atoms with Crippen LogP contribution in [0.5, 0.6) is 0 Å². The molecule has 2 nitrogen and oxygen atoms in total. The number of pyridine rings is 2. The van der Waals surface area contributed by atoms with Crippen molar-refractivity contribution in [3.63, 3.8) is 0 Å². The predicted molar refractivity (Wildman–Crippen MR) is 235 cm³/mol. The van der Waals surface area contributed by atoms with Crippen molar-refractivity contribution in [2.45, 2.75) is 5.41 Å². The molecule has 2 aliphatic carbocycles. The first kappa shape index (κ1) is 31.9. The molecule has 0 saturated carbocycles. The number of nitrogens with zero attached hydrogens (tertiary/aromatic N) is 2. The molecule has 0 fully saturated rings. The molecule has 8 aromatic carbocycles. The van der Waals surface area contributed by atoms with E-state index < -0.39 is 5.41 Å². The second-order valence-electron chi connectivity index (χ2n) is 15.2. The first-order valence-corrected chi connectivity index (χ1v) is 19.7. The molecule has 0 amide bonds. The number of benzene rings is 8. The van der Waals surface area contributed by atoms with Gasteiger partial charge in [-0.2, -0.15) is 0 Å². The van der Waals surface area contributed by atoms with E-state index in [1.807, 2.05) is 12.3 Å². The zero-order chi connectivity index (χ0) is 37.5. The van der Waals surface area contributed by atoms with Gasteiger partial charge in [0, 0.05) is 39.0 Å². The highest BCUT2D eigenvalue weighted by Crippen LogP contribution is 2.64. The third-order valence-electron chi connectivity index (χ3n) is 12.3. The van der Waals surface area contributed by atoms with Crippen molar-refractivity contribution in [2.75, 3.05) is 0 Å². The molecule has 0 bridgehead atoms. The summed E-state index contributed by atoms with van der Waals surface area (Å²) in [5.74, 6) is 0. The lowest BCUT2D eigenvalue weighted by atomic mass is 9.70. The van der Waals surface area contributed by atoms with Crippen LogP contribution in [-0.2, 0) is 5.41 Å². The van der Waals surface area contributed by atoms with E-state index in [0.717, 1.165) is 55.7 Å². The zero-order valence-electron chi connectivity index (χ0n) is 31.0. The Kier molecular flexibility index (Phi) is 6.88. The molecule has 10 aromatic rings. The van der Waals surface area contributed by atoms with E-state index in [-0.39, 0.29) is 0 Å². The van der Waals surface area contributed by atoms with Crippen molar-refractivity contribution >= 4 is 21.7 Å². The minimum absolute atomic E-state index is 0.412. The molecule has 264 valence electrons. The lowest BCUT2D eigenvalue weighted by Gasteiger charge is -2.30. The Labute approximate surface area is 331 Å². The Bertz CT molecular complexity index is 3190. The number of fused-ring (bicyclic) bond motifs is 14. The monoisotopic (exact) mass is 722 g/mol. The number of hydrogen-bond donors (Lipinski definition) is 0. The Morgan fingerprint density at radius 1 is 0.351 bits per heavy atom. The van der Waals surface area contributed by atoms with Crippen LogP contribution >= 0.6 is 0 Å². The molecule has 0 aliphatic heterocycles. The molecule has 2 heterocycles. The third-order valence-corrected chi connectivity index (χ3v) is 12.3. The number of hydrogen-bond acceptors (Lipinski definition) is 2. The maximum Gasteiger partial charge on any atom is 0.0788 e. The second kappa shape index (κ2) is 12.3. The molecule has 0 atom stereocenters. The normalized spacial score (nSPS) is 13.1. The van der Waals surface area contributed by atoms with E-state index in [1.165, 1.54) is 55.3 Å². The zero-order valence-corrected chi connectivity index (χ0v) is 31.0. The molecule has 2 heteroatoms. The van der Waals surface area contributed by atoms with Crippen molar-refractivity contribution in [3.05, 3.63) is 229 Å². The summed E-state index contributed by atoms with van der Waals surface area (Å²) in [5, 5.41) is 3.57. The van der Waals surface area contributed by atoms with Crippen LogP contribution in [0, 0.1) is 0 Å². The minimum atomic E-state index is -0.412. The van der Waals surface area contributed by atoms with Crippen LogP contribution in [0.1, 0.15) is 22.3 Å². The van der Waals surface area contributed by atoms with Gasteiger partial charge in [-0.3, -0.25) is 4.98 Å². The molecule has 1 spiro atoms. The van der Waals surface area contributed by atoms with Crippen molar-refractivity contribution in [1.82, 2.24) is 9.97 Å². The predicted octanol–water partition coefficient (Wildman–Crippen LogP) is 13.8. The fraction of sp³-hybridized carbons (Fsp3) is 0.0182. The van der Waals surface area contributed by atoms with Crippen molar-refractivity contribution < 1.29 is 0 Å². The largest absolute Gasteiger partial charge is 0.256 e. The summed E-state index contributed by atoms with van der Waals surface area (Å²) >= 11 is 0. The summed E-state index contributed by atoms with van der Waals surface area (Å²) in [5.41, 5.74) is 19.8. The first-order chi connectivity index (χ1) is 28.3. The minimum Gasteiger partial charge on any atom is -0.256 e. The van der Waals surface area contributed by atoms with Crippen molar-refractivity contribution in [3.8, 4) is 67.0 Å². The quantitative estimate of drug-likeness (QED) is 0.169. The average Bonchev–Trinajstić information content (AvgIpc) is 3.77. The van der Waals surface area contributed by atoms with Gasteiger partial charge in [0.05, 0.1) is 22.3 Å². The molecule has 2 aromatic heterocycles. The lowest BCUT2D eigenvalue weighted by Crippen LogP contribution is -2.25. The number of para-hydroxylation sites is 1. The fourth-order valence-electron chi connectivity index (χ4n) is 9.99. The van der Waals surface area contributed by atoms with Crippen molar-refractivity contribution in [2.24, 2.45) is 0 Å². The van der Waals surface area contributed by atoms with Gasteiger partial charge in [0.1, 0.15) is 0 Å². The Balaban J connectivity index is 1.11. The Hall–Kier alpha value is -7.42. The van der Waals surface area contributed by atoms with Crippen LogP contribution in [0.15, 0.2) is 206 Å². The molecule has 57 heavy (non-hydrogen) atoms. The van der Waals surface area contributed by atoms with E-state index in [4.69, 9.17) is 9.97 Å². The lowest BCUT2D eigenvalue weighted by molar-refractivity contribution is 0.794. The fourth-order valence-corrected chi connectivity index (χ4v) is 9.99. The summed E-state index contributed by atoms with van der Waals surface area (Å²) < 4.78 is 0. The van der Waals surface area contributed by atoms with Crippen LogP contribution in [0.4, 0.5) is 0 Å². The second-order valence-corrected chi connectivity index (χ2v) is 15.2. The van der Waals surface area contributed by atoms with Gasteiger partial charge in [0.25, 0.3) is 0 Å². The summed E-state index contributed by atoms with van der Waals surface area (Å²) in [4.78, 5) is 10.5. The molecular weight excluding hydrogens is 689 g/mol. The smallest absolute Gasteiger partial charge is 0.0788 e. The van der Waals surface area contributed by atoms with Gasteiger partial charge >= 0.3 is 0 Å². The van der Waals surface area contributed by atoms with E-state index >= 15 is 0 Å². The van der Waals surface area contributed by atoms with Gasteiger partial charge in [-0.05, 0) is 79.4 Å². The van der Waals surface area contributed by atoms with E-state index in [2.05, 4.69) is 194 Å². The van der Waals surface area contributed by atoms with Gasteiger partial charge in [-0.1, -0.05) is 182 Å². The maximum atomic E-state index is 5.47. The topological polar surface area (TPSA) is 25.8 Å². The SMILES string of the molecule is c1ccc(-c2cc(-c3ccccc3)c(-c3cccc(-c4nc5ccccc5c5c6c(ccc45)C4(c5ccccc5-c5ccccc54)c4ccccc4-6)c3)cn2)cc1. The summed E-state index contributed by atoms with van der Waals surface area (Å²) in [7, 11) is 0. The Morgan fingerprint density at radius 2 is 0.930 bits per heavy atom. The molecule has 0 saturated heterocycles. The molecule has 12 rings (SSSR count). The van der Waals surface area contributed by atoms with Gasteiger partial charge in [0.15, 0.2) is 0 Å². The van der Waals surface area contributed by atoms with E-state index in [1.54, 1.807) is 0 Å². The van der Waals surface area contributed by atoms with Crippen LogP contribution in [0.25, 0.3) is 88.7 Å². The number of rotatable bonds is 4. The number of aromatic nitrogens is 2. The van der Waals surface area contributed by atoms with Crippen LogP contribution in [-0.4, -0.2) is 9.97 Å². The van der Waals surface area contributed by atoms with Crippen LogP contribution in [0.2, 0.25) is 0 Å². The molecule has 0 radical (unpaired) electrons. The highest BCUT2D eigenvalue weighted by Gasteiger charge is 2.52. The van der Waals surface area contributed by atoms with Crippen molar-refractivity contribution in [1.29, 1.82) is 0 Å². The maximum absolute atomic E-state index is 5.47. The molecule has 0 unspecified atom stereocenters. The highest BCUT2D eigenvalue weighted by atomic mass is 14.7. The Morgan fingerprint density at radius 3 is 1.67 bits per heavy atom. The van der Waals surface area contributed by atoms with Gasteiger partial charge in [-0.25, -0.2) is 4.98 Å². The van der Waals surface area contributed by atoms with Gasteiger partial charge in [0.2, 0.25) is 0 Å².